The lowest BCUT2D eigenvalue weighted by molar-refractivity contribution is -0.163. The van der Waals surface area contributed by atoms with Gasteiger partial charge in [0.15, 0.2) is 0 Å². The van der Waals surface area contributed by atoms with E-state index in [-0.39, 0.29) is 30.5 Å². The van der Waals surface area contributed by atoms with Crippen molar-refractivity contribution in [3.05, 3.63) is 12.2 Å². The minimum Gasteiger partial charge on any atom is -0.465 e. The summed E-state index contributed by atoms with van der Waals surface area (Å²) in [5.74, 6) is -0.703. The summed E-state index contributed by atoms with van der Waals surface area (Å²) in [5.41, 5.74) is -0.0882. The van der Waals surface area contributed by atoms with Crippen LogP contribution in [0.25, 0.3) is 0 Å². The lowest BCUT2D eigenvalue weighted by Crippen LogP contribution is -2.42. The number of carbonyl (C=O) groups is 2. The molecule has 0 saturated carbocycles. The van der Waals surface area contributed by atoms with Crippen LogP contribution in [0.1, 0.15) is 48.5 Å². The number of hydrogen-bond donors (Lipinski definition) is 0. The number of carbonyl (C=O) groups excluding carboxylic acids is 2. The molecule has 0 bridgehead atoms. The topological polar surface area (TPSA) is 52.6 Å². The van der Waals surface area contributed by atoms with Gasteiger partial charge < -0.3 is 9.47 Å². The third kappa shape index (κ3) is 5.76. The van der Waals surface area contributed by atoms with Crippen molar-refractivity contribution in [1.82, 2.24) is 0 Å². The van der Waals surface area contributed by atoms with Crippen LogP contribution in [0, 0.1) is 17.3 Å². The number of esters is 2. The Morgan fingerprint density at radius 3 is 2.00 bits per heavy atom. The summed E-state index contributed by atoms with van der Waals surface area (Å²) in [5, 5.41) is 0. The van der Waals surface area contributed by atoms with Crippen LogP contribution in [-0.2, 0) is 19.1 Å². The smallest absolute Gasteiger partial charge is 0.333 e. The molecule has 4 nitrogen and oxygen atoms in total. The minimum absolute atomic E-state index is 0.117. The van der Waals surface area contributed by atoms with Gasteiger partial charge in [0.05, 0.1) is 12.5 Å². The molecule has 0 N–H and O–H groups in total. The zero-order valence-electron chi connectivity index (χ0n) is 13.8. The molecule has 0 spiro atoms. The highest BCUT2D eigenvalue weighted by Gasteiger charge is 2.36. The summed E-state index contributed by atoms with van der Waals surface area (Å²) in [6.45, 7) is 16.8. The molecule has 20 heavy (non-hydrogen) atoms. The van der Waals surface area contributed by atoms with Gasteiger partial charge in [-0.25, -0.2) is 4.79 Å². The van der Waals surface area contributed by atoms with E-state index in [4.69, 9.17) is 9.47 Å². The molecule has 0 aliphatic carbocycles. The van der Waals surface area contributed by atoms with Gasteiger partial charge in [0.1, 0.15) is 6.10 Å². The van der Waals surface area contributed by atoms with Gasteiger partial charge in [-0.1, -0.05) is 48.1 Å². The number of ether oxygens (including phenoxy) is 2. The molecule has 116 valence electrons. The molecule has 0 fully saturated rings. The molecule has 0 aromatic heterocycles. The van der Waals surface area contributed by atoms with Crippen LogP contribution in [-0.4, -0.2) is 24.6 Å². The van der Waals surface area contributed by atoms with Gasteiger partial charge in [0, 0.05) is 11.0 Å². The maximum Gasteiger partial charge on any atom is 0.333 e. The number of hydrogen-bond acceptors (Lipinski definition) is 4. The molecule has 0 aromatic rings. The average Bonchev–Trinajstić information content (AvgIpc) is 2.31. The Hall–Kier alpha value is -1.32. The van der Waals surface area contributed by atoms with Gasteiger partial charge >= 0.3 is 11.9 Å². The summed E-state index contributed by atoms with van der Waals surface area (Å²) >= 11 is 0. The van der Waals surface area contributed by atoms with E-state index >= 15 is 0 Å². The summed E-state index contributed by atoms with van der Waals surface area (Å²) in [6.07, 6.45) is -0.341. The second kappa shape index (κ2) is 7.46. The Morgan fingerprint density at radius 1 is 1.15 bits per heavy atom. The summed E-state index contributed by atoms with van der Waals surface area (Å²) in [4.78, 5) is 23.3. The van der Waals surface area contributed by atoms with Gasteiger partial charge in [-0.3, -0.25) is 4.79 Å². The van der Waals surface area contributed by atoms with Gasteiger partial charge in [-0.15, -0.1) is 0 Å². The Labute approximate surface area is 122 Å². The highest BCUT2D eigenvalue weighted by molar-refractivity contribution is 5.87. The summed E-state index contributed by atoms with van der Waals surface area (Å²) < 4.78 is 10.8. The van der Waals surface area contributed by atoms with Crippen molar-refractivity contribution in [2.45, 2.75) is 54.6 Å². The van der Waals surface area contributed by atoms with E-state index in [1.54, 1.807) is 20.8 Å². The summed E-state index contributed by atoms with van der Waals surface area (Å²) in [7, 11) is 0. The second-order valence-electron chi connectivity index (χ2n) is 6.60. The minimum atomic E-state index is -0.455. The van der Waals surface area contributed by atoms with E-state index in [1.807, 2.05) is 27.7 Å². The van der Waals surface area contributed by atoms with Crippen LogP contribution in [0.5, 0.6) is 0 Å². The SMILES string of the molecule is C=C(C)C(=O)OC(C(C)C)C(C)(C)COC(=O)C(C)C. The van der Waals surface area contributed by atoms with E-state index < -0.39 is 11.4 Å². The molecule has 0 radical (unpaired) electrons. The molecular formula is C16H28O4. The normalized spacial score (nSPS) is 13.2. The fourth-order valence-corrected chi connectivity index (χ4v) is 1.92. The molecule has 4 heteroatoms. The van der Waals surface area contributed by atoms with Gasteiger partial charge in [0.25, 0.3) is 0 Å². The highest BCUT2D eigenvalue weighted by Crippen LogP contribution is 2.30. The largest absolute Gasteiger partial charge is 0.465 e. The maximum atomic E-state index is 11.7. The van der Waals surface area contributed by atoms with E-state index in [2.05, 4.69) is 6.58 Å². The molecule has 0 rings (SSSR count). The van der Waals surface area contributed by atoms with E-state index in [9.17, 15) is 9.59 Å². The predicted octanol–water partition coefficient (Wildman–Crippen LogP) is 3.36. The van der Waals surface area contributed by atoms with Crippen molar-refractivity contribution in [1.29, 1.82) is 0 Å². The molecule has 0 aliphatic rings. The molecule has 0 saturated heterocycles. The third-order valence-electron chi connectivity index (χ3n) is 3.02. The van der Waals surface area contributed by atoms with E-state index in [0.717, 1.165) is 0 Å². The molecule has 0 aliphatic heterocycles. The van der Waals surface area contributed by atoms with Crippen LogP contribution in [0.4, 0.5) is 0 Å². The third-order valence-corrected chi connectivity index (χ3v) is 3.02. The molecule has 0 heterocycles. The van der Waals surface area contributed by atoms with Crippen LogP contribution < -0.4 is 0 Å². The van der Waals surface area contributed by atoms with Crippen molar-refractivity contribution in [3.8, 4) is 0 Å². The lowest BCUT2D eigenvalue weighted by Gasteiger charge is -2.36. The quantitative estimate of drug-likeness (QED) is 0.531. The van der Waals surface area contributed by atoms with E-state index in [1.165, 1.54) is 0 Å². The van der Waals surface area contributed by atoms with Crippen molar-refractivity contribution in [2.75, 3.05) is 6.61 Å². The van der Waals surface area contributed by atoms with Gasteiger partial charge in [0.2, 0.25) is 0 Å². The first-order chi connectivity index (χ1) is 8.99. The standard InChI is InChI=1S/C16H28O4/c1-10(2)13(20-15(18)12(5)6)16(7,8)9-19-14(17)11(3)4/h10-11,13H,5,9H2,1-4,6-8H3. The first-order valence-electron chi connectivity index (χ1n) is 7.02. The summed E-state index contributed by atoms with van der Waals surface area (Å²) in [6, 6.07) is 0. The second-order valence-corrected chi connectivity index (χ2v) is 6.60. The first-order valence-corrected chi connectivity index (χ1v) is 7.02. The zero-order valence-corrected chi connectivity index (χ0v) is 13.8. The monoisotopic (exact) mass is 284 g/mol. The highest BCUT2D eigenvalue weighted by atomic mass is 16.6. The Balaban J connectivity index is 4.84. The lowest BCUT2D eigenvalue weighted by atomic mass is 9.81. The van der Waals surface area contributed by atoms with Crippen LogP contribution in [0.15, 0.2) is 12.2 Å². The van der Waals surface area contributed by atoms with Gasteiger partial charge in [-0.2, -0.15) is 0 Å². The first kappa shape index (κ1) is 18.7. The Morgan fingerprint density at radius 2 is 1.65 bits per heavy atom. The Bertz CT molecular complexity index is 367. The van der Waals surface area contributed by atoms with Gasteiger partial charge in [-0.05, 0) is 12.8 Å². The van der Waals surface area contributed by atoms with Crippen LogP contribution in [0.2, 0.25) is 0 Å². The van der Waals surface area contributed by atoms with Crippen LogP contribution in [0.3, 0.4) is 0 Å². The molecule has 1 unspecified atom stereocenters. The Kier molecular flexibility index (Phi) is 6.97. The predicted molar refractivity (Wildman–Crippen MR) is 79.1 cm³/mol. The average molecular weight is 284 g/mol. The maximum absolute atomic E-state index is 11.7. The molecular weight excluding hydrogens is 256 g/mol. The molecule has 1 atom stereocenters. The fraction of sp³-hybridized carbons (Fsp3) is 0.750. The fourth-order valence-electron chi connectivity index (χ4n) is 1.92. The van der Waals surface area contributed by atoms with Crippen molar-refractivity contribution >= 4 is 11.9 Å². The van der Waals surface area contributed by atoms with Crippen molar-refractivity contribution < 1.29 is 19.1 Å². The van der Waals surface area contributed by atoms with E-state index in [0.29, 0.717) is 5.57 Å². The number of rotatable bonds is 7. The van der Waals surface area contributed by atoms with Crippen molar-refractivity contribution in [3.63, 3.8) is 0 Å². The molecule has 0 amide bonds. The van der Waals surface area contributed by atoms with Crippen LogP contribution >= 0.6 is 0 Å². The van der Waals surface area contributed by atoms with Crippen molar-refractivity contribution in [2.24, 2.45) is 17.3 Å². The zero-order chi connectivity index (χ0) is 16.1. The molecule has 0 aromatic carbocycles.